The van der Waals surface area contributed by atoms with Gasteiger partial charge in [0.05, 0.1) is 0 Å². The molecule has 0 atom stereocenters. The number of nitrogen functional groups attached to an aromatic ring is 1. The van der Waals surface area contributed by atoms with Crippen LogP contribution in [0.2, 0.25) is 0 Å². The van der Waals surface area contributed by atoms with E-state index in [0.717, 1.165) is 35.5 Å². The highest BCUT2D eigenvalue weighted by Gasteiger charge is 2.03. The molecule has 0 spiro atoms. The minimum absolute atomic E-state index is 0.801. The zero-order valence-corrected chi connectivity index (χ0v) is 10.4. The molecule has 17 heavy (non-hydrogen) atoms. The van der Waals surface area contributed by atoms with Gasteiger partial charge in [-0.15, -0.1) is 0 Å². The molecular formula is C15H18N2. The molecule has 2 aromatic rings. The third kappa shape index (κ3) is 2.64. The van der Waals surface area contributed by atoms with E-state index in [4.69, 9.17) is 5.73 Å². The fraction of sp³-hybridized carbons (Fsp3) is 0.267. The molecule has 0 aliphatic rings. The number of nitrogens with two attached hydrogens (primary N) is 1. The maximum absolute atomic E-state index is 5.82. The fourth-order valence-electron chi connectivity index (χ4n) is 1.90. The monoisotopic (exact) mass is 226 g/mol. The summed E-state index contributed by atoms with van der Waals surface area (Å²) in [6.45, 7) is 4.26. The zero-order valence-electron chi connectivity index (χ0n) is 10.4. The quantitative estimate of drug-likeness (QED) is 0.814. The standard InChI is InChI=1S/C15H18N2/c1-3-14-9-12(10-15(4-2)17-14)11-6-5-7-13(16)8-11/h5-10H,3-4,16H2,1-2H3. The maximum Gasteiger partial charge on any atom is 0.0410 e. The van der Waals surface area contributed by atoms with Crippen LogP contribution in [0.1, 0.15) is 25.2 Å². The lowest BCUT2D eigenvalue weighted by Crippen LogP contribution is -1.95. The van der Waals surface area contributed by atoms with Crippen LogP contribution >= 0.6 is 0 Å². The largest absolute Gasteiger partial charge is 0.399 e. The molecule has 0 aliphatic carbocycles. The summed E-state index contributed by atoms with van der Waals surface area (Å²) in [5.41, 5.74) is 11.3. The molecule has 2 heteroatoms. The Bertz CT molecular complexity index is 496. The highest BCUT2D eigenvalue weighted by molar-refractivity contribution is 5.67. The van der Waals surface area contributed by atoms with E-state index < -0.39 is 0 Å². The fourth-order valence-corrected chi connectivity index (χ4v) is 1.90. The molecule has 1 aromatic carbocycles. The van der Waals surface area contributed by atoms with Crippen LogP contribution in [-0.4, -0.2) is 4.98 Å². The van der Waals surface area contributed by atoms with E-state index in [1.165, 1.54) is 5.56 Å². The first-order valence-corrected chi connectivity index (χ1v) is 6.08. The predicted octanol–water partition coefficient (Wildman–Crippen LogP) is 3.46. The lowest BCUT2D eigenvalue weighted by atomic mass is 10.0. The Morgan fingerprint density at radius 3 is 2.12 bits per heavy atom. The topological polar surface area (TPSA) is 38.9 Å². The van der Waals surface area contributed by atoms with Crippen LogP contribution in [0.5, 0.6) is 0 Å². The molecule has 0 radical (unpaired) electrons. The van der Waals surface area contributed by atoms with Gasteiger partial charge in [-0.05, 0) is 48.2 Å². The summed E-state index contributed by atoms with van der Waals surface area (Å²) in [7, 11) is 0. The van der Waals surface area contributed by atoms with Crippen LogP contribution < -0.4 is 5.73 Å². The molecule has 0 bridgehead atoms. The first-order chi connectivity index (χ1) is 8.22. The Labute approximate surface area is 103 Å². The number of aryl methyl sites for hydroxylation is 2. The number of pyridine rings is 1. The maximum atomic E-state index is 5.82. The highest BCUT2D eigenvalue weighted by Crippen LogP contribution is 2.23. The molecule has 0 saturated carbocycles. The number of anilines is 1. The van der Waals surface area contributed by atoms with E-state index in [2.05, 4.69) is 37.0 Å². The smallest absolute Gasteiger partial charge is 0.0410 e. The lowest BCUT2D eigenvalue weighted by molar-refractivity contribution is 0.956. The Hall–Kier alpha value is -1.83. The number of nitrogens with zero attached hydrogens (tertiary/aromatic N) is 1. The van der Waals surface area contributed by atoms with Gasteiger partial charge in [0.15, 0.2) is 0 Å². The van der Waals surface area contributed by atoms with E-state index in [-0.39, 0.29) is 0 Å². The first-order valence-electron chi connectivity index (χ1n) is 6.08. The number of aromatic nitrogens is 1. The van der Waals surface area contributed by atoms with E-state index in [9.17, 15) is 0 Å². The summed E-state index contributed by atoms with van der Waals surface area (Å²) in [6, 6.07) is 12.3. The number of hydrogen-bond donors (Lipinski definition) is 1. The summed E-state index contributed by atoms with van der Waals surface area (Å²) < 4.78 is 0. The number of hydrogen-bond acceptors (Lipinski definition) is 2. The highest BCUT2D eigenvalue weighted by atomic mass is 14.7. The summed E-state index contributed by atoms with van der Waals surface area (Å²) in [5.74, 6) is 0. The van der Waals surface area contributed by atoms with Gasteiger partial charge in [0, 0.05) is 17.1 Å². The average molecular weight is 226 g/mol. The van der Waals surface area contributed by atoms with Gasteiger partial charge in [-0.2, -0.15) is 0 Å². The number of benzene rings is 1. The first kappa shape index (κ1) is 11.6. The Balaban J connectivity index is 2.50. The molecular weight excluding hydrogens is 208 g/mol. The third-order valence-corrected chi connectivity index (χ3v) is 2.88. The summed E-state index contributed by atoms with van der Waals surface area (Å²) in [6.07, 6.45) is 1.92. The van der Waals surface area contributed by atoms with Gasteiger partial charge in [0.2, 0.25) is 0 Å². The minimum Gasteiger partial charge on any atom is -0.399 e. The Morgan fingerprint density at radius 1 is 0.941 bits per heavy atom. The minimum atomic E-state index is 0.801. The van der Waals surface area contributed by atoms with Gasteiger partial charge in [-0.3, -0.25) is 4.98 Å². The number of rotatable bonds is 3. The normalized spacial score (nSPS) is 10.5. The molecule has 0 unspecified atom stereocenters. The van der Waals surface area contributed by atoms with Gasteiger partial charge in [0.1, 0.15) is 0 Å². The van der Waals surface area contributed by atoms with Gasteiger partial charge in [-0.1, -0.05) is 26.0 Å². The van der Waals surface area contributed by atoms with E-state index in [1.807, 2.05) is 18.2 Å². The van der Waals surface area contributed by atoms with E-state index in [0.29, 0.717) is 0 Å². The predicted molar refractivity (Wildman–Crippen MR) is 72.8 cm³/mol. The van der Waals surface area contributed by atoms with Crippen molar-refractivity contribution >= 4 is 5.69 Å². The molecule has 2 rings (SSSR count). The van der Waals surface area contributed by atoms with Crippen LogP contribution in [0.4, 0.5) is 5.69 Å². The van der Waals surface area contributed by atoms with Crippen LogP contribution in [0, 0.1) is 0 Å². The molecule has 1 heterocycles. The second-order valence-corrected chi connectivity index (χ2v) is 4.17. The molecule has 0 fully saturated rings. The van der Waals surface area contributed by atoms with Gasteiger partial charge >= 0.3 is 0 Å². The van der Waals surface area contributed by atoms with Crippen molar-refractivity contribution in [3.05, 3.63) is 47.8 Å². The molecule has 2 N–H and O–H groups in total. The summed E-state index contributed by atoms with van der Waals surface area (Å²) in [5, 5.41) is 0. The van der Waals surface area contributed by atoms with Crippen LogP contribution in [0.3, 0.4) is 0 Å². The molecule has 0 aliphatic heterocycles. The summed E-state index contributed by atoms with van der Waals surface area (Å²) in [4.78, 5) is 4.59. The van der Waals surface area contributed by atoms with Crippen molar-refractivity contribution in [2.45, 2.75) is 26.7 Å². The summed E-state index contributed by atoms with van der Waals surface area (Å²) >= 11 is 0. The van der Waals surface area contributed by atoms with Crippen molar-refractivity contribution in [1.29, 1.82) is 0 Å². The van der Waals surface area contributed by atoms with Crippen LogP contribution in [0.25, 0.3) is 11.1 Å². The molecule has 2 nitrogen and oxygen atoms in total. The third-order valence-electron chi connectivity index (χ3n) is 2.88. The van der Waals surface area contributed by atoms with Crippen LogP contribution in [0.15, 0.2) is 36.4 Å². The van der Waals surface area contributed by atoms with Gasteiger partial charge in [-0.25, -0.2) is 0 Å². The Kier molecular flexibility index (Phi) is 3.43. The van der Waals surface area contributed by atoms with Gasteiger partial charge in [0.25, 0.3) is 0 Å². The van der Waals surface area contributed by atoms with Crippen LogP contribution in [-0.2, 0) is 12.8 Å². The molecule has 88 valence electrons. The van der Waals surface area contributed by atoms with Crippen molar-refractivity contribution in [3.63, 3.8) is 0 Å². The lowest BCUT2D eigenvalue weighted by Gasteiger charge is -2.07. The van der Waals surface area contributed by atoms with Crippen molar-refractivity contribution in [1.82, 2.24) is 4.98 Å². The second kappa shape index (κ2) is 5.00. The van der Waals surface area contributed by atoms with E-state index in [1.54, 1.807) is 0 Å². The van der Waals surface area contributed by atoms with E-state index >= 15 is 0 Å². The second-order valence-electron chi connectivity index (χ2n) is 4.17. The molecule has 0 saturated heterocycles. The van der Waals surface area contributed by atoms with Crippen molar-refractivity contribution < 1.29 is 0 Å². The van der Waals surface area contributed by atoms with Gasteiger partial charge < -0.3 is 5.73 Å². The SMILES string of the molecule is CCc1cc(-c2cccc(N)c2)cc(CC)n1. The average Bonchev–Trinajstić information content (AvgIpc) is 2.38. The van der Waals surface area contributed by atoms with Crippen molar-refractivity contribution in [2.24, 2.45) is 0 Å². The molecule has 1 aromatic heterocycles. The molecule has 0 amide bonds. The van der Waals surface area contributed by atoms with Crippen molar-refractivity contribution in [3.8, 4) is 11.1 Å². The zero-order chi connectivity index (χ0) is 12.3. The Morgan fingerprint density at radius 2 is 1.59 bits per heavy atom. The van der Waals surface area contributed by atoms with Crippen molar-refractivity contribution in [2.75, 3.05) is 5.73 Å².